The highest BCUT2D eigenvalue weighted by Gasteiger charge is 2.31. The number of hydrogen-bond acceptors (Lipinski definition) is 7. The molecule has 0 aliphatic carbocycles. The predicted molar refractivity (Wildman–Crippen MR) is 118 cm³/mol. The molecule has 0 N–H and O–H groups in total. The maximum Gasteiger partial charge on any atom is 0.420 e. The number of nitro benzene ring substituents is 1. The lowest BCUT2D eigenvalue weighted by Crippen LogP contribution is -2.51. The van der Waals surface area contributed by atoms with Crippen molar-refractivity contribution in [2.75, 3.05) is 26.2 Å². The number of non-ortho nitro benzene ring substituents is 1. The van der Waals surface area contributed by atoms with Crippen molar-refractivity contribution in [2.24, 2.45) is 0 Å². The third-order valence-corrected chi connectivity index (χ3v) is 7.75. The molecule has 1 aliphatic heterocycles. The summed E-state index contributed by atoms with van der Waals surface area (Å²) in [5.74, 6) is -1.17. The molecule has 174 valence electrons. The molecule has 3 aromatic rings. The number of amides is 1. The van der Waals surface area contributed by atoms with Gasteiger partial charge in [0.1, 0.15) is 6.54 Å². The van der Waals surface area contributed by atoms with E-state index in [9.17, 15) is 28.1 Å². The smallest absolute Gasteiger partial charge is 0.407 e. The SMILES string of the molecule is Cc1ccc(S(=O)(=O)N2CCN(C(=O)Cn3c(=O)oc4cc([N+](=O)[O-])ccc43)CC2)c(C)c1. The van der Waals surface area contributed by atoms with Crippen molar-refractivity contribution in [1.29, 1.82) is 0 Å². The monoisotopic (exact) mass is 474 g/mol. The van der Waals surface area contributed by atoms with Gasteiger partial charge in [-0.25, -0.2) is 13.2 Å². The number of carbonyl (C=O) groups is 1. The summed E-state index contributed by atoms with van der Waals surface area (Å²) in [4.78, 5) is 37.1. The molecule has 4 rings (SSSR count). The van der Waals surface area contributed by atoms with E-state index < -0.39 is 20.7 Å². The Kier molecular flexibility index (Phi) is 5.80. The molecule has 12 heteroatoms. The van der Waals surface area contributed by atoms with E-state index in [1.807, 2.05) is 13.0 Å². The van der Waals surface area contributed by atoms with Crippen LogP contribution >= 0.6 is 0 Å². The summed E-state index contributed by atoms with van der Waals surface area (Å²) in [6.45, 7) is 3.96. The quantitative estimate of drug-likeness (QED) is 0.405. The average molecular weight is 474 g/mol. The standard InChI is InChI=1S/C21H22N4O7S/c1-14-3-6-19(15(2)11-14)33(30,31)23-9-7-22(8-10-23)20(26)13-24-17-5-4-16(25(28)29)12-18(17)32-21(24)27/h3-6,11-12H,7-10,13H2,1-2H3. The van der Waals surface area contributed by atoms with Gasteiger partial charge < -0.3 is 9.32 Å². The highest BCUT2D eigenvalue weighted by atomic mass is 32.2. The summed E-state index contributed by atoms with van der Waals surface area (Å²) in [5, 5.41) is 10.9. The highest BCUT2D eigenvalue weighted by molar-refractivity contribution is 7.89. The molecular weight excluding hydrogens is 452 g/mol. The maximum atomic E-state index is 13.0. The summed E-state index contributed by atoms with van der Waals surface area (Å²) < 4.78 is 33.6. The van der Waals surface area contributed by atoms with Gasteiger partial charge in [-0.1, -0.05) is 17.7 Å². The number of hydrogen-bond donors (Lipinski definition) is 0. The molecular formula is C21H22N4O7S. The first kappa shape index (κ1) is 22.7. The van der Waals surface area contributed by atoms with Gasteiger partial charge in [-0.3, -0.25) is 19.5 Å². The summed E-state index contributed by atoms with van der Waals surface area (Å²) in [6, 6.07) is 8.89. The number of rotatable bonds is 5. The third kappa shape index (κ3) is 4.26. The van der Waals surface area contributed by atoms with Crippen LogP contribution in [0.25, 0.3) is 11.1 Å². The van der Waals surface area contributed by atoms with E-state index >= 15 is 0 Å². The van der Waals surface area contributed by atoms with Crippen LogP contribution in [0.4, 0.5) is 5.69 Å². The first-order valence-corrected chi connectivity index (χ1v) is 11.6. The van der Waals surface area contributed by atoms with E-state index in [-0.39, 0.29) is 60.3 Å². The zero-order valence-electron chi connectivity index (χ0n) is 18.1. The summed E-state index contributed by atoms with van der Waals surface area (Å²) in [5.41, 5.74) is 1.70. The van der Waals surface area contributed by atoms with Crippen molar-refractivity contribution in [2.45, 2.75) is 25.3 Å². The number of nitro groups is 1. The van der Waals surface area contributed by atoms with E-state index in [4.69, 9.17) is 4.42 Å². The van der Waals surface area contributed by atoms with Crippen molar-refractivity contribution >= 4 is 32.7 Å². The zero-order chi connectivity index (χ0) is 23.9. The molecule has 1 fully saturated rings. The van der Waals surface area contributed by atoms with Gasteiger partial charge in [0.2, 0.25) is 15.9 Å². The van der Waals surface area contributed by atoms with Crippen LogP contribution in [-0.4, -0.2) is 59.2 Å². The molecule has 0 spiro atoms. The topological polar surface area (TPSA) is 136 Å². The molecule has 11 nitrogen and oxygen atoms in total. The summed E-state index contributed by atoms with van der Waals surface area (Å²) in [7, 11) is -3.69. The minimum absolute atomic E-state index is 0.0198. The second-order valence-electron chi connectivity index (χ2n) is 7.92. The number of sulfonamides is 1. The number of aryl methyl sites for hydroxylation is 2. The van der Waals surface area contributed by atoms with Gasteiger partial charge in [-0.15, -0.1) is 0 Å². The van der Waals surface area contributed by atoms with Crippen molar-refractivity contribution in [3.63, 3.8) is 0 Å². The number of fused-ring (bicyclic) bond motifs is 1. The first-order valence-electron chi connectivity index (χ1n) is 10.2. The van der Waals surface area contributed by atoms with Crippen LogP contribution in [0.5, 0.6) is 0 Å². The molecule has 2 heterocycles. The lowest BCUT2D eigenvalue weighted by molar-refractivity contribution is -0.384. The molecule has 0 radical (unpaired) electrons. The van der Waals surface area contributed by atoms with Crippen LogP contribution in [0, 0.1) is 24.0 Å². The number of benzene rings is 2. The van der Waals surface area contributed by atoms with E-state index in [0.29, 0.717) is 5.56 Å². The molecule has 1 saturated heterocycles. The van der Waals surface area contributed by atoms with Gasteiger partial charge in [-0.2, -0.15) is 4.31 Å². The number of aromatic nitrogens is 1. The average Bonchev–Trinajstić information content (AvgIpc) is 3.07. The largest absolute Gasteiger partial charge is 0.420 e. The lowest BCUT2D eigenvalue weighted by atomic mass is 10.2. The van der Waals surface area contributed by atoms with Crippen LogP contribution in [0.2, 0.25) is 0 Å². The van der Waals surface area contributed by atoms with Crippen LogP contribution in [0.3, 0.4) is 0 Å². The fourth-order valence-corrected chi connectivity index (χ4v) is 5.59. The van der Waals surface area contributed by atoms with E-state index in [0.717, 1.165) is 16.2 Å². The molecule has 2 aromatic carbocycles. The molecule has 0 bridgehead atoms. The van der Waals surface area contributed by atoms with E-state index in [2.05, 4.69) is 0 Å². The Morgan fingerprint density at radius 3 is 2.42 bits per heavy atom. The van der Waals surface area contributed by atoms with Gasteiger partial charge in [0, 0.05) is 32.2 Å². The van der Waals surface area contributed by atoms with Crippen LogP contribution < -0.4 is 5.76 Å². The van der Waals surface area contributed by atoms with Crippen LogP contribution in [0.15, 0.2) is 50.5 Å². The van der Waals surface area contributed by atoms with Crippen molar-refractivity contribution in [3.05, 3.63) is 68.2 Å². The number of piperazine rings is 1. The Hall–Kier alpha value is -3.51. The van der Waals surface area contributed by atoms with Gasteiger partial charge in [0.15, 0.2) is 5.58 Å². The molecule has 0 unspecified atom stereocenters. The van der Waals surface area contributed by atoms with Gasteiger partial charge in [0.05, 0.1) is 21.4 Å². The summed E-state index contributed by atoms with van der Waals surface area (Å²) >= 11 is 0. The minimum Gasteiger partial charge on any atom is -0.407 e. The number of oxazole rings is 1. The second-order valence-corrected chi connectivity index (χ2v) is 9.82. The number of carbonyl (C=O) groups excluding carboxylic acids is 1. The number of nitrogens with zero attached hydrogens (tertiary/aromatic N) is 4. The van der Waals surface area contributed by atoms with Crippen molar-refractivity contribution in [1.82, 2.24) is 13.8 Å². The Labute approximate surface area is 189 Å². The Balaban J connectivity index is 1.46. The Bertz CT molecular complexity index is 1420. The van der Waals surface area contributed by atoms with Crippen LogP contribution in [0.1, 0.15) is 11.1 Å². The van der Waals surface area contributed by atoms with Gasteiger partial charge in [-0.05, 0) is 31.5 Å². The third-order valence-electron chi connectivity index (χ3n) is 5.70. The van der Waals surface area contributed by atoms with E-state index in [1.54, 1.807) is 19.1 Å². The molecule has 1 amide bonds. The Morgan fingerprint density at radius 2 is 1.79 bits per heavy atom. The minimum atomic E-state index is -3.69. The molecule has 1 aromatic heterocycles. The maximum absolute atomic E-state index is 13.0. The fraction of sp³-hybridized carbons (Fsp3) is 0.333. The molecule has 0 atom stereocenters. The van der Waals surface area contributed by atoms with Gasteiger partial charge in [0.25, 0.3) is 5.69 Å². The molecule has 1 aliphatic rings. The normalized spacial score (nSPS) is 15.2. The van der Waals surface area contributed by atoms with Crippen LogP contribution in [-0.2, 0) is 21.4 Å². The fourth-order valence-electron chi connectivity index (χ4n) is 3.96. The second kappa shape index (κ2) is 8.45. The van der Waals surface area contributed by atoms with Crippen molar-refractivity contribution < 1.29 is 22.6 Å². The summed E-state index contributed by atoms with van der Waals surface area (Å²) in [6.07, 6.45) is 0. The Morgan fingerprint density at radius 1 is 1.09 bits per heavy atom. The van der Waals surface area contributed by atoms with Gasteiger partial charge >= 0.3 is 5.76 Å². The first-order chi connectivity index (χ1) is 15.6. The predicted octanol–water partition coefficient (Wildman–Crippen LogP) is 1.65. The van der Waals surface area contributed by atoms with Crippen molar-refractivity contribution in [3.8, 4) is 0 Å². The highest BCUT2D eigenvalue weighted by Crippen LogP contribution is 2.23. The molecule has 0 saturated carbocycles. The zero-order valence-corrected chi connectivity index (χ0v) is 18.9. The molecule has 33 heavy (non-hydrogen) atoms. The van der Waals surface area contributed by atoms with E-state index in [1.165, 1.54) is 21.3 Å². The lowest BCUT2D eigenvalue weighted by Gasteiger charge is -2.34.